The van der Waals surface area contributed by atoms with Crippen molar-refractivity contribution >= 4 is 29.6 Å². The number of hydrogen-bond acceptors (Lipinski definition) is 6. The standard InChI is InChI=1S/C27H28N4O5/c1-18-9-7-10-19(2)24(18)30-26(33)27(34)31-29-16-21-13-8-14-22(35-3)25(21)36-17-23(32)28-15-20-11-5-4-6-12-20/h4-14,16H,15,17H2,1-3H3,(H,28,32)(H,30,33)(H,31,34)/b29-16-. The Balaban J connectivity index is 1.60. The predicted octanol–water partition coefficient (Wildman–Crippen LogP) is 3.10. The van der Waals surface area contributed by atoms with Gasteiger partial charge in [0.2, 0.25) is 0 Å². The van der Waals surface area contributed by atoms with Crippen LogP contribution in [0.4, 0.5) is 5.69 Å². The molecule has 0 saturated carbocycles. The number of anilines is 1. The lowest BCUT2D eigenvalue weighted by atomic mass is 10.1. The van der Waals surface area contributed by atoms with Crippen molar-refractivity contribution in [3.63, 3.8) is 0 Å². The monoisotopic (exact) mass is 488 g/mol. The van der Waals surface area contributed by atoms with E-state index >= 15 is 0 Å². The molecule has 3 rings (SSSR count). The van der Waals surface area contributed by atoms with Crippen LogP contribution in [-0.2, 0) is 20.9 Å². The fourth-order valence-corrected chi connectivity index (χ4v) is 3.33. The Morgan fingerprint density at radius 3 is 2.28 bits per heavy atom. The first kappa shape index (κ1) is 26.0. The van der Waals surface area contributed by atoms with E-state index in [-0.39, 0.29) is 18.3 Å². The highest BCUT2D eigenvalue weighted by molar-refractivity contribution is 6.39. The highest BCUT2D eigenvalue weighted by Gasteiger charge is 2.16. The van der Waals surface area contributed by atoms with Crippen LogP contribution in [0.2, 0.25) is 0 Å². The Kier molecular flexibility index (Phi) is 9.16. The third-order valence-electron chi connectivity index (χ3n) is 5.20. The summed E-state index contributed by atoms with van der Waals surface area (Å²) in [5.41, 5.74) is 5.87. The fourth-order valence-electron chi connectivity index (χ4n) is 3.33. The summed E-state index contributed by atoms with van der Waals surface area (Å²) in [6.07, 6.45) is 1.31. The predicted molar refractivity (Wildman–Crippen MR) is 137 cm³/mol. The number of para-hydroxylation sites is 2. The Bertz CT molecular complexity index is 1240. The number of aryl methyl sites for hydroxylation is 2. The largest absolute Gasteiger partial charge is 0.493 e. The van der Waals surface area contributed by atoms with Crippen molar-refractivity contribution < 1.29 is 23.9 Å². The van der Waals surface area contributed by atoms with Gasteiger partial charge in [-0.2, -0.15) is 5.10 Å². The van der Waals surface area contributed by atoms with Gasteiger partial charge >= 0.3 is 11.8 Å². The Morgan fingerprint density at radius 1 is 0.889 bits per heavy atom. The van der Waals surface area contributed by atoms with Crippen LogP contribution in [0.25, 0.3) is 0 Å². The van der Waals surface area contributed by atoms with Gasteiger partial charge < -0.3 is 20.1 Å². The first-order valence-corrected chi connectivity index (χ1v) is 11.2. The van der Waals surface area contributed by atoms with Crippen molar-refractivity contribution in [2.75, 3.05) is 19.0 Å². The molecule has 0 spiro atoms. The molecule has 0 radical (unpaired) electrons. The lowest BCUT2D eigenvalue weighted by Crippen LogP contribution is -2.32. The molecule has 0 aliphatic rings. The topological polar surface area (TPSA) is 118 Å². The molecule has 0 unspecified atom stereocenters. The summed E-state index contributed by atoms with van der Waals surface area (Å²) in [4.78, 5) is 36.8. The number of ether oxygens (including phenoxy) is 2. The van der Waals surface area contributed by atoms with E-state index in [1.165, 1.54) is 13.3 Å². The van der Waals surface area contributed by atoms with E-state index in [1.54, 1.807) is 18.2 Å². The number of hydrogen-bond donors (Lipinski definition) is 3. The molecule has 3 aromatic carbocycles. The average Bonchev–Trinajstić information content (AvgIpc) is 2.89. The zero-order valence-electron chi connectivity index (χ0n) is 20.3. The minimum atomic E-state index is -0.931. The van der Waals surface area contributed by atoms with E-state index in [1.807, 2.05) is 62.4 Å². The van der Waals surface area contributed by atoms with Gasteiger partial charge in [0, 0.05) is 17.8 Å². The van der Waals surface area contributed by atoms with Gasteiger partial charge in [-0.05, 0) is 42.7 Å². The Labute approximate surface area is 209 Å². The summed E-state index contributed by atoms with van der Waals surface area (Å²) in [6, 6.07) is 20.1. The van der Waals surface area contributed by atoms with Gasteiger partial charge in [-0.15, -0.1) is 0 Å². The number of amides is 3. The van der Waals surface area contributed by atoms with Gasteiger partial charge in [0.25, 0.3) is 5.91 Å². The number of carbonyl (C=O) groups excluding carboxylic acids is 3. The number of nitrogens with zero attached hydrogens (tertiary/aromatic N) is 1. The molecule has 0 fully saturated rings. The molecule has 186 valence electrons. The van der Waals surface area contributed by atoms with Gasteiger partial charge in [-0.3, -0.25) is 14.4 Å². The zero-order chi connectivity index (χ0) is 25.9. The molecule has 36 heavy (non-hydrogen) atoms. The van der Waals surface area contributed by atoms with Crippen LogP contribution in [0.15, 0.2) is 71.8 Å². The van der Waals surface area contributed by atoms with Crippen LogP contribution in [0.3, 0.4) is 0 Å². The van der Waals surface area contributed by atoms with E-state index in [0.29, 0.717) is 23.5 Å². The van der Waals surface area contributed by atoms with Crippen molar-refractivity contribution in [2.24, 2.45) is 5.10 Å². The summed E-state index contributed by atoms with van der Waals surface area (Å²) >= 11 is 0. The van der Waals surface area contributed by atoms with Gasteiger partial charge in [-0.1, -0.05) is 54.6 Å². The van der Waals surface area contributed by atoms with Crippen LogP contribution in [0.1, 0.15) is 22.3 Å². The van der Waals surface area contributed by atoms with Crippen molar-refractivity contribution in [2.45, 2.75) is 20.4 Å². The molecular formula is C27H28N4O5. The zero-order valence-corrected chi connectivity index (χ0v) is 20.3. The van der Waals surface area contributed by atoms with Crippen LogP contribution >= 0.6 is 0 Å². The van der Waals surface area contributed by atoms with Crippen LogP contribution in [0.5, 0.6) is 11.5 Å². The third-order valence-corrected chi connectivity index (χ3v) is 5.20. The van der Waals surface area contributed by atoms with Gasteiger partial charge in [0.15, 0.2) is 18.1 Å². The smallest absolute Gasteiger partial charge is 0.329 e. The minimum Gasteiger partial charge on any atom is -0.493 e. The second-order valence-corrected chi connectivity index (χ2v) is 7.85. The molecule has 0 atom stereocenters. The Hall–Kier alpha value is -4.66. The molecule has 9 nitrogen and oxygen atoms in total. The normalized spacial score (nSPS) is 10.5. The average molecular weight is 489 g/mol. The molecule has 9 heteroatoms. The molecule has 0 bridgehead atoms. The fraction of sp³-hybridized carbons (Fsp3) is 0.185. The van der Waals surface area contributed by atoms with Crippen molar-refractivity contribution in [3.05, 3.63) is 89.0 Å². The minimum absolute atomic E-state index is 0.251. The molecule has 0 saturated heterocycles. The molecular weight excluding hydrogens is 460 g/mol. The summed E-state index contributed by atoms with van der Waals surface area (Å²) in [6.45, 7) is 3.80. The number of carbonyl (C=O) groups is 3. The number of methoxy groups -OCH3 is 1. The number of hydrazone groups is 1. The van der Waals surface area contributed by atoms with Crippen LogP contribution in [0, 0.1) is 13.8 Å². The number of rotatable bonds is 9. The molecule has 0 aromatic heterocycles. The van der Waals surface area contributed by atoms with E-state index in [4.69, 9.17) is 9.47 Å². The highest BCUT2D eigenvalue weighted by Crippen LogP contribution is 2.30. The quantitative estimate of drug-likeness (QED) is 0.243. The van der Waals surface area contributed by atoms with E-state index in [2.05, 4.69) is 21.2 Å². The first-order chi connectivity index (χ1) is 17.4. The second-order valence-electron chi connectivity index (χ2n) is 7.85. The second kappa shape index (κ2) is 12.7. The summed E-state index contributed by atoms with van der Waals surface area (Å²) in [5.74, 6) is -1.44. The third kappa shape index (κ3) is 7.17. The van der Waals surface area contributed by atoms with Gasteiger partial charge in [-0.25, -0.2) is 5.43 Å². The van der Waals surface area contributed by atoms with Crippen LogP contribution in [-0.4, -0.2) is 37.7 Å². The molecule has 0 aliphatic heterocycles. The number of benzene rings is 3. The lowest BCUT2D eigenvalue weighted by Gasteiger charge is -2.13. The lowest BCUT2D eigenvalue weighted by molar-refractivity contribution is -0.136. The summed E-state index contributed by atoms with van der Waals surface area (Å²) in [7, 11) is 1.47. The Morgan fingerprint density at radius 2 is 1.58 bits per heavy atom. The first-order valence-electron chi connectivity index (χ1n) is 11.2. The molecule has 3 amide bonds. The van der Waals surface area contributed by atoms with Crippen LogP contribution < -0.4 is 25.5 Å². The molecule has 0 heterocycles. The van der Waals surface area contributed by atoms with E-state index in [9.17, 15) is 14.4 Å². The van der Waals surface area contributed by atoms with E-state index < -0.39 is 11.8 Å². The molecule has 3 aromatic rings. The van der Waals surface area contributed by atoms with Gasteiger partial charge in [0.1, 0.15) is 0 Å². The van der Waals surface area contributed by atoms with E-state index in [0.717, 1.165) is 16.7 Å². The maximum absolute atomic E-state index is 12.3. The summed E-state index contributed by atoms with van der Waals surface area (Å²) in [5, 5.41) is 9.25. The maximum atomic E-state index is 12.3. The summed E-state index contributed by atoms with van der Waals surface area (Å²) < 4.78 is 11.0. The van der Waals surface area contributed by atoms with Crippen molar-refractivity contribution in [3.8, 4) is 11.5 Å². The van der Waals surface area contributed by atoms with Gasteiger partial charge in [0.05, 0.1) is 13.3 Å². The van der Waals surface area contributed by atoms with Crippen molar-refractivity contribution in [1.82, 2.24) is 10.7 Å². The molecule has 3 N–H and O–H groups in total. The SMILES string of the molecule is COc1cccc(/C=N\NC(=O)C(=O)Nc2c(C)cccc2C)c1OCC(=O)NCc1ccccc1. The number of nitrogens with one attached hydrogen (secondary N) is 3. The highest BCUT2D eigenvalue weighted by atomic mass is 16.5. The maximum Gasteiger partial charge on any atom is 0.329 e. The molecule has 0 aliphatic carbocycles. The van der Waals surface area contributed by atoms with Crippen molar-refractivity contribution in [1.29, 1.82) is 0 Å².